The molecule has 1 saturated heterocycles. The van der Waals surface area contributed by atoms with E-state index in [0.29, 0.717) is 31.7 Å². The lowest BCUT2D eigenvalue weighted by atomic mass is 9.90. The maximum absolute atomic E-state index is 12.7. The number of methoxy groups -OCH3 is 2. The molecule has 3 rings (SSSR count). The van der Waals surface area contributed by atoms with Crippen LogP contribution in [0.2, 0.25) is 0 Å². The van der Waals surface area contributed by atoms with E-state index in [1.807, 2.05) is 22.8 Å². The molecule has 0 bridgehead atoms. The average molecular weight is 379 g/mol. The molecule has 152 valence electrons. The zero-order chi connectivity index (χ0) is 19.4. The van der Waals surface area contributed by atoms with Gasteiger partial charge in [0.05, 0.1) is 24.9 Å². The highest BCUT2D eigenvalue weighted by molar-refractivity contribution is 5.79. The number of amides is 1. The predicted molar refractivity (Wildman–Crippen MR) is 103 cm³/mol. The molecule has 1 amide bonds. The van der Waals surface area contributed by atoms with E-state index in [2.05, 4.69) is 17.3 Å². The molecule has 2 aliphatic rings. The third kappa shape index (κ3) is 4.52. The first-order valence-electron chi connectivity index (χ1n) is 10.1. The molecule has 7 nitrogen and oxygen atoms in total. The summed E-state index contributed by atoms with van der Waals surface area (Å²) in [6.45, 7) is 4.12. The van der Waals surface area contributed by atoms with Crippen LogP contribution in [-0.2, 0) is 21.3 Å². The smallest absolute Gasteiger partial charge is 0.223 e. The van der Waals surface area contributed by atoms with E-state index in [9.17, 15) is 4.79 Å². The molecule has 0 aromatic carbocycles. The van der Waals surface area contributed by atoms with E-state index < -0.39 is 0 Å². The summed E-state index contributed by atoms with van der Waals surface area (Å²) in [5.41, 5.74) is 2.29. The minimum atomic E-state index is 0.0733. The number of nitrogens with one attached hydrogen (secondary N) is 1. The van der Waals surface area contributed by atoms with Gasteiger partial charge in [-0.2, -0.15) is 5.10 Å². The minimum absolute atomic E-state index is 0.0733. The Bertz CT molecular complexity index is 625. The van der Waals surface area contributed by atoms with Crippen molar-refractivity contribution in [2.24, 2.45) is 13.0 Å². The Hall–Kier alpha value is -1.44. The largest absolute Gasteiger partial charge is 0.383 e. The number of ether oxygens (including phenoxy) is 2. The van der Waals surface area contributed by atoms with Crippen LogP contribution in [0.4, 0.5) is 0 Å². The van der Waals surface area contributed by atoms with Crippen molar-refractivity contribution in [1.82, 2.24) is 20.0 Å². The molecule has 1 aromatic rings. The first kappa shape index (κ1) is 20.3. The number of aromatic nitrogens is 2. The molecule has 0 unspecified atom stereocenters. The maximum Gasteiger partial charge on any atom is 0.223 e. The van der Waals surface area contributed by atoms with Crippen molar-refractivity contribution in [3.05, 3.63) is 17.5 Å². The Morgan fingerprint density at radius 3 is 2.59 bits per heavy atom. The van der Waals surface area contributed by atoms with Crippen LogP contribution in [0.15, 0.2) is 6.20 Å². The zero-order valence-electron chi connectivity index (χ0n) is 17.1. The van der Waals surface area contributed by atoms with Gasteiger partial charge in [0, 0.05) is 64.0 Å². The molecule has 7 heteroatoms. The van der Waals surface area contributed by atoms with Gasteiger partial charge in [-0.15, -0.1) is 0 Å². The van der Waals surface area contributed by atoms with Crippen LogP contribution in [0.1, 0.15) is 49.4 Å². The number of carbonyl (C=O) groups excluding carboxylic acids is 1. The zero-order valence-corrected chi connectivity index (χ0v) is 17.1. The lowest BCUT2D eigenvalue weighted by Crippen LogP contribution is -2.39. The number of rotatable bonds is 8. The van der Waals surface area contributed by atoms with Gasteiger partial charge in [0.25, 0.3) is 0 Å². The molecule has 1 aromatic heterocycles. The Kier molecular flexibility index (Phi) is 6.89. The fourth-order valence-corrected chi connectivity index (χ4v) is 4.55. The van der Waals surface area contributed by atoms with Crippen LogP contribution in [-0.4, -0.2) is 66.6 Å². The molecule has 0 radical (unpaired) electrons. The van der Waals surface area contributed by atoms with Gasteiger partial charge >= 0.3 is 0 Å². The molecule has 2 heterocycles. The molecular formula is C20H34N4O3. The van der Waals surface area contributed by atoms with Gasteiger partial charge in [0.1, 0.15) is 0 Å². The summed E-state index contributed by atoms with van der Waals surface area (Å²) in [6, 6.07) is 0.597. The van der Waals surface area contributed by atoms with E-state index in [4.69, 9.17) is 9.47 Å². The highest BCUT2D eigenvalue weighted by Crippen LogP contribution is 2.39. The van der Waals surface area contributed by atoms with E-state index in [1.165, 1.54) is 0 Å². The number of hydrogen-bond donors (Lipinski definition) is 1. The number of hydrogen-bond acceptors (Lipinski definition) is 5. The Morgan fingerprint density at radius 2 is 2.00 bits per heavy atom. The Morgan fingerprint density at radius 1 is 1.26 bits per heavy atom. The van der Waals surface area contributed by atoms with Crippen molar-refractivity contribution < 1.29 is 14.3 Å². The minimum Gasteiger partial charge on any atom is -0.383 e. The third-order valence-electron chi connectivity index (χ3n) is 6.34. The standard InChI is InChI=1S/C20H34N4O3/c1-14-18(13-22-23(14)2)20-15(11-19(25)24(20)9-10-26-3)12-21-16-5-7-17(27-4)8-6-16/h13,15-17,20-21H,5-12H2,1-4H3/t15-,16?,17?,20+/m0/s1. The number of likely N-dealkylation sites (tertiary alicyclic amines) is 1. The summed E-state index contributed by atoms with van der Waals surface area (Å²) in [7, 11) is 5.44. The quantitative estimate of drug-likeness (QED) is 0.747. The van der Waals surface area contributed by atoms with E-state index in [1.54, 1.807) is 14.2 Å². The first-order chi connectivity index (χ1) is 13.0. The predicted octanol–water partition coefficient (Wildman–Crippen LogP) is 1.81. The van der Waals surface area contributed by atoms with Crippen molar-refractivity contribution in [2.45, 2.75) is 57.2 Å². The first-order valence-corrected chi connectivity index (χ1v) is 10.1. The van der Waals surface area contributed by atoms with Gasteiger partial charge < -0.3 is 19.7 Å². The fourth-order valence-electron chi connectivity index (χ4n) is 4.55. The average Bonchev–Trinajstić information content (AvgIpc) is 3.17. The van der Waals surface area contributed by atoms with Gasteiger partial charge in [-0.1, -0.05) is 0 Å². The van der Waals surface area contributed by atoms with Crippen LogP contribution in [0.25, 0.3) is 0 Å². The molecule has 2 fully saturated rings. The summed E-state index contributed by atoms with van der Waals surface area (Å²) in [4.78, 5) is 14.7. The van der Waals surface area contributed by atoms with Crippen molar-refractivity contribution >= 4 is 5.91 Å². The molecule has 1 N–H and O–H groups in total. The summed E-state index contributed by atoms with van der Waals surface area (Å²) in [5.74, 6) is 0.479. The van der Waals surface area contributed by atoms with Gasteiger partial charge in [0.2, 0.25) is 5.91 Å². The van der Waals surface area contributed by atoms with E-state index in [0.717, 1.165) is 43.5 Å². The maximum atomic E-state index is 12.7. The molecule has 27 heavy (non-hydrogen) atoms. The molecule has 0 spiro atoms. The molecule has 1 saturated carbocycles. The van der Waals surface area contributed by atoms with Crippen LogP contribution < -0.4 is 5.32 Å². The monoisotopic (exact) mass is 378 g/mol. The second-order valence-electron chi connectivity index (χ2n) is 7.92. The highest BCUT2D eigenvalue weighted by atomic mass is 16.5. The van der Waals surface area contributed by atoms with Crippen LogP contribution in [0.5, 0.6) is 0 Å². The molecule has 1 aliphatic heterocycles. The second kappa shape index (κ2) is 9.17. The summed E-state index contributed by atoms with van der Waals surface area (Å²) >= 11 is 0. The normalized spacial score (nSPS) is 28.9. The summed E-state index contributed by atoms with van der Waals surface area (Å²) in [5, 5.41) is 8.15. The van der Waals surface area contributed by atoms with Crippen molar-refractivity contribution in [3.63, 3.8) is 0 Å². The number of nitrogens with zero attached hydrogens (tertiary/aromatic N) is 3. The van der Waals surface area contributed by atoms with E-state index in [-0.39, 0.29) is 17.9 Å². The van der Waals surface area contributed by atoms with E-state index >= 15 is 0 Å². The van der Waals surface area contributed by atoms with Crippen molar-refractivity contribution in [1.29, 1.82) is 0 Å². The van der Waals surface area contributed by atoms with Gasteiger partial charge in [-0.05, 0) is 32.6 Å². The number of carbonyl (C=O) groups is 1. The van der Waals surface area contributed by atoms with Crippen molar-refractivity contribution in [2.75, 3.05) is 33.9 Å². The second-order valence-corrected chi connectivity index (χ2v) is 7.92. The van der Waals surface area contributed by atoms with Crippen LogP contribution in [0.3, 0.4) is 0 Å². The SMILES string of the molecule is COCCN1C(=O)C[C@@H](CNC2CCC(OC)CC2)[C@@H]1c1cnn(C)c1C. The van der Waals surface area contributed by atoms with Gasteiger partial charge in [-0.3, -0.25) is 9.48 Å². The number of aryl methyl sites for hydroxylation is 1. The fraction of sp³-hybridized carbons (Fsp3) is 0.800. The Labute approximate surface area is 162 Å². The molecule has 2 atom stereocenters. The lowest BCUT2D eigenvalue weighted by molar-refractivity contribution is -0.129. The lowest BCUT2D eigenvalue weighted by Gasteiger charge is -2.31. The molecule has 1 aliphatic carbocycles. The summed E-state index contributed by atoms with van der Waals surface area (Å²) < 4.78 is 12.6. The molecular weight excluding hydrogens is 344 g/mol. The summed E-state index contributed by atoms with van der Waals surface area (Å²) in [6.07, 6.45) is 7.43. The van der Waals surface area contributed by atoms with Crippen molar-refractivity contribution in [3.8, 4) is 0 Å². The van der Waals surface area contributed by atoms with Gasteiger partial charge in [-0.25, -0.2) is 0 Å². The highest BCUT2D eigenvalue weighted by Gasteiger charge is 2.41. The van der Waals surface area contributed by atoms with Crippen LogP contribution in [0, 0.1) is 12.8 Å². The Balaban J connectivity index is 1.68. The topological polar surface area (TPSA) is 68.6 Å². The van der Waals surface area contributed by atoms with Crippen LogP contribution >= 0.6 is 0 Å². The van der Waals surface area contributed by atoms with Gasteiger partial charge in [0.15, 0.2) is 0 Å². The third-order valence-corrected chi connectivity index (χ3v) is 6.34.